The molecule has 0 aliphatic heterocycles. The van der Waals surface area contributed by atoms with Crippen molar-refractivity contribution in [1.82, 2.24) is 4.90 Å². The number of benzene rings is 2. The average molecular weight is 324 g/mol. The summed E-state index contributed by atoms with van der Waals surface area (Å²) in [5.74, 6) is -0.365. The molecule has 0 fully saturated rings. The first-order chi connectivity index (χ1) is 11.3. The van der Waals surface area contributed by atoms with Crippen molar-refractivity contribution in [2.45, 2.75) is 27.7 Å². The Morgan fingerprint density at radius 3 is 2.00 bits per heavy atom. The SMILES string of the molecule is Cc1ccc(C(=O)N(C)CC(=O)Nc2c(C)cc(C)cc2C)cc1. The first-order valence-electron chi connectivity index (χ1n) is 7.97. The predicted molar refractivity (Wildman–Crippen MR) is 97.4 cm³/mol. The number of hydrogen-bond acceptors (Lipinski definition) is 2. The monoisotopic (exact) mass is 324 g/mol. The highest BCUT2D eigenvalue weighted by molar-refractivity contribution is 5.99. The van der Waals surface area contributed by atoms with E-state index >= 15 is 0 Å². The first-order valence-corrected chi connectivity index (χ1v) is 7.97. The Labute approximate surface area is 143 Å². The van der Waals surface area contributed by atoms with E-state index in [9.17, 15) is 9.59 Å². The molecule has 24 heavy (non-hydrogen) atoms. The van der Waals surface area contributed by atoms with Gasteiger partial charge in [-0.3, -0.25) is 9.59 Å². The molecule has 4 nitrogen and oxygen atoms in total. The fourth-order valence-corrected chi connectivity index (χ4v) is 2.76. The second kappa shape index (κ2) is 7.30. The van der Waals surface area contributed by atoms with Gasteiger partial charge in [0.1, 0.15) is 0 Å². The highest BCUT2D eigenvalue weighted by Crippen LogP contribution is 2.21. The van der Waals surface area contributed by atoms with E-state index in [2.05, 4.69) is 5.32 Å². The van der Waals surface area contributed by atoms with E-state index in [0.29, 0.717) is 5.56 Å². The highest BCUT2D eigenvalue weighted by atomic mass is 16.2. The van der Waals surface area contributed by atoms with E-state index < -0.39 is 0 Å². The van der Waals surface area contributed by atoms with Crippen LogP contribution in [0.3, 0.4) is 0 Å². The van der Waals surface area contributed by atoms with Crippen molar-refractivity contribution in [3.63, 3.8) is 0 Å². The van der Waals surface area contributed by atoms with Crippen LogP contribution in [0, 0.1) is 27.7 Å². The van der Waals surface area contributed by atoms with Gasteiger partial charge in [0.25, 0.3) is 5.91 Å². The van der Waals surface area contributed by atoms with E-state index in [-0.39, 0.29) is 18.4 Å². The summed E-state index contributed by atoms with van der Waals surface area (Å²) >= 11 is 0. The van der Waals surface area contributed by atoms with Gasteiger partial charge in [0.15, 0.2) is 0 Å². The van der Waals surface area contributed by atoms with Gasteiger partial charge in [-0.25, -0.2) is 0 Å². The molecule has 4 heteroatoms. The lowest BCUT2D eigenvalue weighted by Crippen LogP contribution is -2.35. The lowest BCUT2D eigenvalue weighted by molar-refractivity contribution is -0.116. The van der Waals surface area contributed by atoms with Crippen molar-refractivity contribution in [2.75, 3.05) is 18.9 Å². The Balaban J connectivity index is 2.04. The molecule has 0 heterocycles. The Morgan fingerprint density at radius 1 is 0.917 bits per heavy atom. The van der Waals surface area contributed by atoms with Crippen LogP contribution in [-0.2, 0) is 4.79 Å². The zero-order chi connectivity index (χ0) is 17.9. The van der Waals surface area contributed by atoms with E-state index in [0.717, 1.165) is 27.9 Å². The zero-order valence-electron chi connectivity index (χ0n) is 14.9. The minimum absolute atomic E-state index is 0.0134. The summed E-state index contributed by atoms with van der Waals surface area (Å²) in [6.07, 6.45) is 0. The Kier molecular flexibility index (Phi) is 5.39. The molecule has 126 valence electrons. The Morgan fingerprint density at radius 2 is 1.46 bits per heavy atom. The molecule has 0 aromatic heterocycles. The lowest BCUT2D eigenvalue weighted by Gasteiger charge is -2.18. The maximum atomic E-state index is 12.4. The van der Waals surface area contributed by atoms with Crippen molar-refractivity contribution < 1.29 is 9.59 Å². The number of rotatable bonds is 4. The highest BCUT2D eigenvalue weighted by Gasteiger charge is 2.16. The molecule has 2 aromatic rings. The van der Waals surface area contributed by atoms with Gasteiger partial charge in [-0.05, 0) is 51.0 Å². The van der Waals surface area contributed by atoms with Gasteiger partial charge in [-0.2, -0.15) is 0 Å². The van der Waals surface area contributed by atoms with Crippen molar-refractivity contribution in [2.24, 2.45) is 0 Å². The summed E-state index contributed by atoms with van der Waals surface area (Å²) in [5.41, 5.74) is 5.70. The number of aryl methyl sites for hydroxylation is 4. The molecule has 2 rings (SSSR count). The second-order valence-electron chi connectivity index (χ2n) is 6.35. The topological polar surface area (TPSA) is 49.4 Å². The standard InChI is InChI=1S/C20H24N2O2/c1-13-6-8-17(9-7-13)20(24)22(5)12-18(23)21-19-15(3)10-14(2)11-16(19)4/h6-11H,12H2,1-5H3,(H,21,23). The van der Waals surface area contributed by atoms with Gasteiger partial charge in [0, 0.05) is 18.3 Å². The number of carbonyl (C=O) groups excluding carboxylic acids is 2. The van der Waals surface area contributed by atoms with Crippen molar-refractivity contribution in [3.05, 3.63) is 64.2 Å². The number of amides is 2. The van der Waals surface area contributed by atoms with Gasteiger partial charge in [0.05, 0.1) is 6.54 Å². The van der Waals surface area contributed by atoms with Crippen LogP contribution >= 0.6 is 0 Å². The number of carbonyl (C=O) groups is 2. The molecule has 2 amide bonds. The lowest BCUT2D eigenvalue weighted by atomic mass is 10.1. The van der Waals surface area contributed by atoms with Crippen LogP contribution in [0.5, 0.6) is 0 Å². The number of nitrogens with zero attached hydrogens (tertiary/aromatic N) is 1. The number of hydrogen-bond donors (Lipinski definition) is 1. The first kappa shape index (κ1) is 17.7. The molecule has 0 radical (unpaired) electrons. The summed E-state index contributed by atoms with van der Waals surface area (Å²) in [4.78, 5) is 26.1. The summed E-state index contributed by atoms with van der Waals surface area (Å²) in [5, 5.41) is 2.92. The minimum Gasteiger partial charge on any atom is -0.332 e. The van der Waals surface area contributed by atoms with E-state index in [1.807, 2.05) is 52.0 Å². The number of nitrogens with one attached hydrogen (secondary N) is 1. The normalized spacial score (nSPS) is 10.4. The van der Waals surface area contributed by atoms with Crippen molar-refractivity contribution >= 4 is 17.5 Å². The maximum Gasteiger partial charge on any atom is 0.254 e. The van der Waals surface area contributed by atoms with E-state index in [1.165, 1.54) is 4.90 Å². The fraction of sp³-hybridized carbons (Fsp3) is 0.300. The molecule has 0 aliphatic rings. The van der Waals surface area contributed by atoms with Crippen LogP contribution in [0.2, 0.25) is 0 Å². The third-order valence-electron chi connectivity index (χ3n) is 3.97. The molecule has 1 N–H and O–H groups in total. The molecule has 0 bridgehead atoms. The van der Waals surface area contributed by atoms with E-state index in [1.54, 1.807) is 19.2 Å². The smallest absolute Gasteiger partial charge is 0.254 e. The molecule has 2 aromatic carbocycles. The number of anilines is 1. The molecular formula is C20H24N2O2. The largest absolute Gasteiger partial charge is 0.332 e. The summed E-state index contributed by atoms with van der Waals surface area (Å²) in [6.45, 7) is 7.95. The fourth-order valence-electron chi connectivity index (χ4n) is 2.76. The van der Waals surface area contributed by atoms with Crippen LogP contribution in [0.25, 0.3) is 0 Å². The Hall–Kier alpha value is -2.62. The van der Waals surface area contributed by atoms with Crippen molar-refractivity contribution in [1.29, 1.82) is 0 Å². The molecule has 0 spiro atoms. The Bertz CT molecular complexity index is 741. The maximum absolute atomic E-state index is 12.4. The molecule has 0 unspecified atom stereocenters. The van der Waals surface area contributed by atoms with Crippen LogP contribution in [-0.4, -0.2) is 30.3 Å². The zero-order valence-corrected chi connectivity index (χ0v) is 14.9. The molecule has 0 atom stereocenters. The summed E-state index contributed by atoms with van der Waals surface area (Å²) < 4.78 is 0. The third-order valence-corrected chi connectivity index (χ3v) is 3.97. The van der Waals surface area contributed by atoms with Crippen LogP contribution < -0.4 is 5.32 Å². The van der Waals surface area contributed by atoms with Crippen LogP contribution in [0.1, 0.15) is 32.6 Å². The summed E-state index contributed by atoms with van der Waals surface area (Å²) in [6, 6.07) is 11.4. The molecule has 0 aliphatic carbocycles. The van der Waals surface area contributed by atoms with Gasteiger partial charge >= 0.3 is 0 Å². The minimum atomic E-state index is -0.201. The third kappa shape index (κ3) is 4.22. The second-order valence-corrected chi connectivity index (χ2v) is 6.35. The summed E-state index contributed by atoms with van der Waals surface area (Å²) in [7, 11) is 1.64. The van der Waals surface area contributed by atoms with Gasteiger partial charge in [-0.1, -0.05) is 35.4 Å². The van der Waals surface area contributed by atoms with E-state index in [4.69, 9.17) is 0 Å². The predicted octanol–water partition coefficient (Wildman–Crippen LogP) is 3.63. The molecule has 0 saturated carbocycles. The van der Waals surface area contributed by atoms with Crippen LogP contribution in [0.15, 0.2) is 36.4 Å². The van der Waals surface area contributed by atoms with Gasteiger partial charge in [-0.15, -0.1) is 0 Å². The average Bonchev–Trinajstić information content (AvgIpc) is 2.50. The van der Waals surface area contributed by atoms with Crippen LogP contribution in [0.4, 0.5) is 5.69 Å². The molecular weight excluding hydrogens is 300 g/mol. The quantitative estimate of drug-likeness (QED) is 0.933. The van der Waals surface area contributed by atoms with Gasteiger partial charge < -0.3 is 10.2 Å². The van der Waals surface area contributed by atoms with Crippen molar-refractivity contribution in [3.8, 4) is 0 Å². The molecule has 0 saturated heterocycles. The number of likely N-dealkylation sites (N-methyl/N-ethyl adjacent to an activating group) is 1. The van der Waals surface area contributed by atoms with Gasteiger partial charge in [0.2, 0.25) is 5.91 Å².